The van der Waals surface area contributed by atoms with Gasteiger partial charge in [0.2, 0.25) is 0 Å². The van der Waals surface area contributed by atoms with E-state index in [1.54, 1.807) is 0 Å². The van der Waals surface area contributed by atoms with Gasteiger partial charge in [0.15, 0.2) is 0 Å². The first-order valence-electron chi connectivity index (χ1n) is 3.99. The molecule has 1 N–H and O–H groups in total. The van der Waals surface area contributed by atoms with Crippen LogP contribution in [0.3, 0.4) is 0 Å². The number of hydrogen-bond acceptors (Lipinski definition) is 1. The van der Waals surface area contributed by atoms with Crippen LogP contribution in [0.4, 0.5) is 0 Å². The van der Waals surface area contributed by atoms with Crippen molar-refractivity contribution in [3.8, 4) is 0 Å². The van der Waals surface area contributed by atoms with Crippen molar-refractivity contribution in [2.75, 3.05) is 0 Å². The summed E-state index contributed by atoms with van der Waals surface area (Å²) in [6.45, 7) is 4.20. The largest absolute Gasteiger partial charge is 0.393 e. The SMILES string of the molecule is CCCCC[C@H](O)CC. The van der Waals surface area contributed by atoms with Gasteiger partial charge in [0.25, 0.3) is 0 Å². The van der Waals surface area contributed by atoms with Crippen LogP contribution in [0.15, 0.2) is 0 Å². The molecular weight excluding hydrogens is 112 g/mol. The van der Waals surface area contributed by atoms with Gasteiger partial charge in [-0.25, -0.2) is 0 Å². The van der Waals surface area contributed by atoms with Crippen LogP contribution >= 0.6 is 0 Å². The highest BCUT2D eigenvalue weighted by molar-refractivity contribution is 4.51. The smallest absolute Gasteiger partial charge is 0.0537 e. The third-order valence-electron chi connectivity index (χ3n) is 1.61. The van der Waals surface area contributed by atoms with Crippen molar-refractivity contribution in [3.05, 3.63) is 0 Å². The molecule has 1 heteroatoms. The van der Waals surface area contributed by atoms with Crippen molar-refractivity contribution < 1.29 is 5.11 Å². The molecule has 0 aromatic rings. The van der Waals surface area contributed by atoms with Crippen LogP contribution in [0.2, 0.25) is 0 Å². The second-order valence-corrected chi connectivity index (χ2v) is 2.56. The summed E-state index contributed by atoms with van der Waals surface area (Å²) in [6, 6.07) is 0. The van der Waals surface area contributed by atoms with E-state index in [1.165, 1.54) is 19.3 Å². The van der Waals surface area contributed by atoms with E-state index in [0.717, 1.165) is 12.8 Å². The molecule has 1 nitrogen and oxygen atoms in total. The van der Waals surface area contributed by atoms with Gasteiger partial charge in [-0.1, -0.05) is 33.1 Å². The molecule has 0 spiro atoms. The van der Waals surface area contributed by atoms with Crippen LogP contribution in [0.5, 0.6) is 0 Å². The standard InChI is InChI=1S/C8H18O/c1-3-5-6-7-8(9)4-2/h8-9H,3-7H2,1-2H3/t8-/m1/s1. The molecule has 0 aromatic carbocycles. The highest BCUT2D eigenvalue weighted by Gasteiger charge is 1.97. The molecule has 0 amide bonds. The molecule has 0 bridgehead atoms. The molecule has 0 saturated heterocycles. The number of aliphatic hydroxyl groups is 1. The predicted molar refractivity (Wildman–Crippen MR) is 40.4 cm³/mol. The van der Waals surface area contributed by atoms with E-state index < -0.39 is 0 Å². The lowest BCUT2D eigenvalue weighted by atomic mass is 10.1. The fraction of sp³-hybridized carbons (Fsp3) is 1.00. The maximum atomic E-state index is 9.08. The highest BCUT2D eigenvalue weighted by Crippen LogP contribution is 2.04. The molecule has 56 valence electrons. The van der Waals surface area contributed by atoms with E-state index in [0.29, 0.717) is 0 Å². The Balaban J connectivity index is 2.88. The fourth-order valence-electron chi connectivity index (χ4n) is 0.834. The van der Waals surface area contributed by atoms with E-state index in [9.17, 15) is 0 Å². The average molecular weight is 130 g/mol. The summed E-state index contributed by atoms with van der Waals surface area (Å²) in [7, 11) is 0. The van der Waals surface area contributed by atoms with Crippen LogP contribution in [0, 0.1) is 0 Å². The summed E-state index contributed by atoms with van der Waals surface area (Å²) in [5, 5.41) is 9.08. The van der Waals surface area contributed by atoms with E-state index in [-0.39, 0.29) is 6.10 Å². The van der Waals surface area contributed by atoms with Gasteiger partial charge in [0, 0.05) is 0 Å². The zero-order valence-electron chi connectivity index (χ0n) is 6.56. The number of rotatable bonds is 5. The van der Waals surface area contributed by atoms with Crippen molar-refractivity contribution in [1.82, 2.24) is 0 Å². The minimum absolute atomic E-state index is 0.0449. The minimum Gasteiger partial charge on any atom is -0.393 e. The van der Waals surface area contributed by atoms with Crippen molar-refractivity contribution in [2.45, 2.75) is 52.1 Å². The van der Waals surface area contributed by atoms with Gasteiger partial charge in [-0.2, -0.15) is 0 Å². The zero-order valence-corrected chi connectivity index (χ0v) is 6.56. The molecule has 0 aliphatic rings. The van der Waals surface area contributed by atoms with Crippen LogP contribution in [0.1, 0.15) is 46.0 Å². The first kappa shape index (κ1) is 8.96. The van der Waals surface area contributed by atoms with Crippen molar-refractivity contribution in [2.24, 2.45) is 0 Å². The molecule has 0 aliphatic carbocycles. The third-order valence-corrected chi connectivity index (χ3v) is 1.61. The molecule has 0 aliphatic heterocycles. The zero-order chi connectivity index (χ0) is 7.11. The Kier molecular flexibility index (Phi) is 6.06. The Labute approximate surface area is 58.1 Å². The summed E-state index contributed by atoms with van der Waals surface area (Å²) < 4.78 is 0. The lowest BCUT2D eigenvalue weighted by Gasteiger charge is -2.04. The van der Waals surface area contributed by atoms with Gasteiger partial charge in [-0.15, -0.1) is 0 Å². The summed E-state index contributed by atoms with van der Waals surface area (Å²) in [5.74, 6) is 0. The average Bonchev–Trinajstić information content (AvgIpc) is 1.89. The Morgan fingerprint density at radius 3 is 2.33 bits per heavy atom. The molecule has 1 atom stereocenters. The Morgan fingerprint density at radius 2 is 1.89 bits per heavy atom. The van der Waals surface area contributed by atoms with Gasteiger partial charge >= 0.3 is 0 Å². The Morgan fingerprint density at radius 1 is 1.22 bits per heavy atom. The lowest BCUT2D eigenvalue weighted by molar-refractivity contribution is 0.156. The fourth-order valence-corrected chi connectivity index (χ4v) is 0.834. The molecule has 0 unspecified atom stereocenters. The Hall–Kier alpha value is -0.0400. The highest BCUT2D eigenvalue weighted by atomic mass is 16.3. The topological polar surface area (TPSA) is 20.2 Å². The summed E-state index contributed by atoms with van der Waals surface area (Å²) in [5.41, 5.74) is 0. The quantitative estimate of drug-likeness (QED) is 0.566. The van der Waals surface area contributed by atoms with E-state index >= 15 is 0 Å². The Bertz CT molecular complexity index is 52.5. The van der Waals surface area contributed by atoms with Gasteiger partial charge < -0.3 is 5.11 Å². The molecular formula is C8H18O. The minimum atomic E-state index is -0.0449. The van der Waals surface area contributed by atoms with E-state index in [1.807, 2.05) is 6.92 Å². The van der Waals surface area contributed by atoms with E-state index in [4.69, 9.17) is 5.11 Å². The maximum Gasteiger partial charge on any atom is 0.0537 e. The van der Waals surface area contributed by atoms with Crippen molar-refractivity contribution in [1.29, 1.82) is 0 Å². The molecule has 0 radical (unpaired) electrons. The van der Waals surface area contributed by atoms with Crippen LogP contribution < -0.4 is 0 Å². The lowest BCUT2D eigenvalue weighted by Crippen LogP contribution is -2.02. The first-order chi connectivity index (χ1) is 4.31. The van der Waals surface area contributed by atoms with Gasteiger partial charge in [0.1, 0.15) is 0 Å². The molecule has 0 saturated carbocycles. The number of unbranched alkanes of at least 4 members (excludes halogenated alkanes) is 2. The monoisotopic (exact) mass is 130 g/mol. The number of aliphatic hydroxyl groups excluding tert-OH is 1. The van der Waals surface area contributed by atoms with Crippen LogP contribution in [-0.4, -0.2) is 11.2 Å². The van der Waals surface area contributed by atoms with Gasteiger partial charge in [0.05, 0.1) is 6.10 Å². The van der Waals surface area contributed by atoms with Crippen LogP contribution in [0.25, 0.3) is 0 Å². The predicted octanol–water partition coefficient (Wildman–Crippen LogP) is 2.34. The second-order valence-electron chi connectivity index (χ2n) is 2.56. The van der Waals surface area contributed by atoms with Gasteiger partial charge in [-0.05, 0) is 12.8 Å². The summed E-state index contributed by atoms with van der Waals surface area (Å²) >= 11 is 0. The van der Waals surface area contributed by atoms with Crippen molar-refractivity contribution in [3.63, 3.8) is 0 Å². The summed E-state index contributed by atoms with van der Waals surface area (Å²) in [4.78, 5) is 0. The number of hydrogen-bond donors (Lipinski definition) is 1. The van der Waals surface area contributed by atoms with Gasteiger partial charge in [-0.3, -0.25) is 0 Å². The van der Waals surface area contributed by atoms with Crippen molar-refractivity contribution >= 4 is 0 Å². The molecule has 0 rings (SSSR count). The third kappa shape index (κ3) is 5.84. The first-order valence-corrected chi connectivity index (χ1v) is 3.99. The maximum absolute atomic E-state index is 9.08. The molecule has 0 aromatic heterocycles. The van der Waals surface area contributed by atoms with E-state index in [2.05, 4.69) is 6.92 Å². The second kappa shape index (κ2) is 6.09. The molecule has 9 heavy (non-hydrogen) atoms. The molecule has 0 heterocycles. The molecule has 0 fully saturated rings. The normalized spacial score (nSPS) is 13.7. The summed E-state index contributed by atoms with van der Waals surface area (Å²) in [6.07, 6.45) is 5.55. The van der Waals surface area contributed by atoms with Crippen LogP contribution in [-0.2, 0) is 0 Å².